The van der Waals surface area contributed by atoms with Crippen molar-refractivity contribution in [1.29, 1.82) is 0 Å². The summed E-state index contributed by atoms with van der Waals surface area (Å²) >= 11 is 0. The van der Waals surface area contributed by atoms with Crippen LogP contribution in [0.25, 0.3) is 0 Å². The summed E-state index contributed by atoms with van der Waals surface area (Å²) in [6.07, 6.45) is 1.82. The molecule has 2 saturated heterocycles. The number of rotatable bonds is 4. The van der Waals surface area contributed by atoms with Crippen molar-refractivity contribution >= 4 is 33.4 Å². The van der Waals surface area contributed by atoms with Crippen molar-refractivity contribution in [2.24, 2.45) is 0 Å². The summed E-state index contributed by atoms with van der Waals surface area (Å²) < 4.78 is 40.3. The van der Waals surface area contributed by atoms with Gasteiger partial charge < -0.3 is 14.7 Å². The molecule has 9 nitrogen and oxygen atoms in total. The van der Waals surface area contributed by atoms with Crippen molar-refractivity contribution in [3.05, 3.63) is 59.9 Å². The van der Waals surface area contributed by atoms with E-state index in [-0.39, 0.29) is 29.6 Å². The Hall–Kier alpha value is -3.47. The molecule has 0 bridgehead atoms. The average molecular weight is 489 g/mol. The number of piperazine rings is 1. The zero-order valence-electron chi connectivity index (χ0n) is 18.4. The quantitative estimate of drug-likeness (QED) is 0.657. The highest BCUT2D eigenvalue weighted by Gasteiger charge is 2.32. The van der Waals surface area contributed by atoms with Crippen LogP contribution in [0, 0.1) is 5.82 Å². The number of carbonyl (C=O) groups is 3. The van der Waals surface area contributed by atoms with E-state index in [2.05, 4.69) is 4.72 Å². The Bertz CT molecular complexity index is 1170. The molecule has 2 heterocycles. The monoisotopic (exact) mass is 488 g/mol. The highest BCUT2D eigenvalue weighted by Crippen LogP contribution is 2.18. The van der Waals surface area contributed by atoms with Crippen molar-refractivity contribution in [2.45, 2.75) is 17.7 Å². The van der Waals surface area contributed by atoms with E-state index in [1.54, 1.807) is 9.80 Å². The van der Waals surface area contributed by atoms with Gasteiger partial charge in [0.2, 0.25) is 0 Å². The van der Waals surface area contributed by atoms with Crippen LogP contribution in [-0.2, 0) is 19.6 Å². The molecule has 0 aromatic heterocycles. The molecule has 180 valence electrons. The minimum absolute atomic E-state index is 0.0790. The van der Waals surface area contributed by atoms with Gasteiger partial charge in [0.05, 0.1) is 4.90 Å². The molecular formula is C23H25FN4O5S. The van der Waals surface area contributed by atoms with Gasteiger partial charge in [-0.1, -0.05) is 0 Å². The van der Waals surface area contributed by atoms with E-state index in [0.717, 1.165) is 25.0 Å². The molecule has 1 N–H and O–H groups in total. The maximum atomic E-state index is 13.0. The van der Waals surface area contributed by atoms with Gasteiger partial charge in [0, 0.05) is 50.5 Å². The van der Waals surface area contributed by atoms with E-state index in [4.69, 9.17) is 0 Å². The number of sulfonamides is 1. The Morgan fingerprint density at radius 1 is 0.706 bits per heavy atom. The third kappa shape index (κ3) is 5.19. The fourth-order valence-electron chi connectivity index (χ4n) is 3.99. The fourth-order valence-corrected chi connectivity index (χ4v) is 5.05. The maximum absolute atomic E-state index is 13.0. The van der Waals surface area contributed by atoms with Crippen LogP contribution in [0.15, 0.2) is 53.4 Å². The number of halogens is 1. The number of anilines is 1. The number of likely N-dealkylation sites (tertiary alicyclic amines) is 1. The lowest BCUT2D eigenvalue weighted by Crippen LogP contribution is -2.54. The fraction of sp³-hybridized carbons (Fsp3) is 0.348. The molecule has 2 fully saturated rings. The summed E-state index contributed by atoms with van der Waals surface area (Å²) in [5.41, 5.74) is 0.634. The molecule has 11 heteroatoms. The molecule has 4 rings (SSSR count). The summed E-state index contributed by atoms with van der Waals surface area (Å²) in [6, 6.07) is 10.4. The topological polar surface area (TPSA) is 107 Å². The normalized spacial score (nSPS) is 16.4. The SMILES string of the molecule is O=C(C(=O)N1CCN(C(=O)c2ccc(NS(=O)(=O)c3ccc(F)cc3)cc2)CC1)N1CCCC1. The first-order chi connectivity index (χ1) is 16.2. The Balaban J connectivity index is 1.33. The zero-order chi connectivity index (χ0) is 24.3. The van der Waals surface area contributed by atoms with E-state index in [9.17, 15) is 27.2 Å². The van der Waals surface area contributed by atoms with Crippen LogP contribution in [0.4, 0.5) is 10.1 Å². The van der Waals surface area contributed by atoms with Gasteiger partial charge in [-0.3, -0.25) is 19.1 Å². The first kappa shape index (κ1) is 23.7. The third-order valence-corrected chi connectivity index (χ3v) is 7.34. The number of carbonyl (C=O) groups excluding carboxylic acids is 3. The van der Waals surface area contributed by atoms with Crippen LogP contribution in [0.3, 0.4) is 0 Å². The van der Waals surface area contributed by atoms with Gasteiger partial charge in [-0.05, 0) is 61.4 Å². The van der Waals surface area contributed by atoms with E-state index in [0.29, 0.717) is 31.7 Å². The molecule has 0 aliphatic carbocycles. The van der Waals surface area contributed by atoms with Crippen LogP contribution in [0.1, 0.15) is 23.2 Å². The van der Waals surface area contributed by atoms with Gasteiger partial charge in [-0.2, -0.15) is 0 Å². The Morgan fingerprint density at radius 2 is 1.21 bits per heavy atom. The van der Waals surface area contributed by atoms with E-state index >= 15 is 0 Å². The van der Waals surface area contributed by atoms with Crippen molar-refractivity contribution in [3.63, 3.8) is 0 Å². The van der Waals surface area contributed by atoms with Crippen molar-refractivity contribution in [3.8, 4) is 0 Å². The van der Waals surface area contributed by atoms with Crippen LogP contribution in [0.2, 0.25) is 0 Å². The molecule has 0 unspecified atom stereocenters. The van der Waals surface area contributed by atoms with Crippen molar-refractivity contribution < 1.29 is 27.2 Å². The summed E-state index contributed by atoms with van der Waals surface area (Å²) in [5, 5.41) is 0. The molecule has 2 aromatic carbocycles. The maximum Gasteiger partial charge on any atom is 0.312 e. The van der Waals surface area contributed by atoms with E-state index in [1.807, 2.05) is 0 Å². The second-order valence-corrected chi connectivity index (χ2v) is 9.90. The minimum Gasteiger partial charge on any atom is -0.335 e. The van der Waals surface area contributed by atoms with Crippen molar-refractivity contribution in [1.82, 2.24) is 14.7 Å². The Morgan fingerprint density at radius 3 is 1.76 bits per heavy atom. The summed E-state index contributed by atoms with van der Waals surface area (Å²) in [4.78, 5) is 42.2. The number of hydrogen-bond donors (Lipinski definition) is 1. The smallest absolute Gasteiger partial charge is 0.312 e. The van der Waals surface area contributed by atoms with Crippen LogP contribution in [0.5, 0.6) is 0 Å². The predicted octanol–water partition coefficient (Wildman–Crippen LogP) is 1.53. The number of nitrogens with zero attached hydrogens (tertiary/aromatic N) is 3. The summed E-state index contributed by atoms with van der Waals surface area (Å²) in [7, 11) is -3.89. The molecule has 0 spiro atoms. The second kappa shape index (κ2) is 9.80. The van der Waals surface area contributed by atoms with Gasteiger partial charge >= 0.3 is 11.8 Å². The first-order valence-electron chi connectivity index (χ1n) is 11.0. The Kier molecular flexibility index (Phi) is 6.82. The highest BCUT2D eigenvalue weighted by molar-refractivity contribution is 7.92. The van der Waals surface area contributed by atoms with Gasteiger partial charge in [-0.25, -0.2) is 12.8 Å². The first-order valence-corrected chi connectivity index (χ1v) is 12.5. The highest BCUT2D eigenvalue weighted by atomic mass is 32.2. The minimum atomic E-state index is -3.89. The molecule has 2 aliphatic heterocycles. The lowest BCUT2D eigenvalue weighted by atomic mass is 10.1. The van der Waals surface area contributed by atoms with Gasteiger partial charge in [0.1, 0.15) is 5.82 Å². The largest absolute Gasteiger partial charge is 0.335 e. The number of benzene rings is 2. The third-order valence-electron chi connectivity index (χ3n) is 5.94. The second-order valence-electron chi connectivity index (χ2n) is 8.22. The standard InChI is InChI=1S/C23H25FN4O5S/c24-18-5-9-20(10-6-18)34(32,33)25-19-7-3-17(4-8-19)21(29)27-13-15-28(16-14-27)23(31)22(30)26-11-1-2-12-26/h3-10,25H,1-2,11-16H2. The van der Waals surface area contributed by atoms with Crippen LogP contribution in [-0.4, -0.2) is 80.1 Å². The van der Waals surface area contributed by atoms with E-state index < -0.39 is 27.7 Å². The number of nitrogens with one attached hydrogen (secondary N) is 1. The lowest BCUT2D eigenvalue weighted by Gasteiger charge is -2.35. The van der Waals surface area contributed by atoms with Crippen LogP contribution < -0.4 is 4.72 Å². The van der Waals surface area contributed by atoms with Gasteiger partial charge in [0.15, 0.2) is 0 Å². The molecule has 34 heavy (non-hydrogen) atoms. The summed E-state index contributed by atoms with van der Waals surface area (Å²) in [6.45, 7) is 2.38. The predicted molar refractivity (Wildman–Crippen MR) is 122 cm³/mol. The zero-order valence-corrected chi connectivity index (χ0v) is 19.3. The molecule has 2 aliphatic rings. The molecule has 3 amide bonds. The Labute approximate surface area is 197 Å². The molecule has 2 aromatic rings. The summed E-state index contributed by atoms with van der Waals surface area (Å²) in [5.74, 6) is -1.78. The van der Waals surface area contributed by atoms with Gasteiger partial charge in [0.25, 0.3) is 15.9 Å². The molecule has 0 atom stereocenters. The molecule has 0 saturated carbocycles. The van der Waals surface area contributed by atoms with Crippen molar-refractivity contribution in [2.75, 3.05) is 44.0 Å². The van der Waals surface area contributed by atoms with Gasteiger partial charge in [-0.15, -0.1) is 0 Å². The van der Waals surface area contributed by atoms with E-state index in [1.165, 1.54) is 41.3 Å². The van der Waals surface area contributed by atoms with Crippen LogP contribution >= 0.6 is 0 Å². The molecule has 0 radical (unpaired) electrons. The molecular weight excluding hydrogens is 463 g/mol. The average Bonchev–Trinajstić information content (AvgIpc) is 3.38. The number of amides is 3. The number of hydrogen-bond acceptors (Lipinski definition) is 5. The lowest BCUT2D eigenvalue weighted by molar-refractivity contribution is -0.152.